The number of fused-ring (bicyclic) bond motifs is 1. The van der Waals surface area contributed by atoms with E-state index in [1.807, 2.05) is 22.7 Å². The fourth-order valence-electron chi connectivity index (χ4n) is 4.26. The van der Waals surface area contributed by atoms with Crippen LogP contribution in [0, 0.1) is 0 Å². The molecule has 132 valence electrons. The molecule has 0 saturated heterocycles. The number of aryl methyl sites for hydroxylation is 1. The van der Waals surface area contributed by atoms with Gasteiger partial charge in [-0.05, 0) is 59.7 Å². The van der Waals surface area contributed by atoms with Gasteiger partial charge in [-0.3, -0.25) is 14.5 Å². The van der Waals surface area contributed by atoms with Crippen LogP contribution < -0.4 is 0 Å². The summed E-state index contributed by atoms with van der Waals surface area (Å²) < 4.78 is 2.85. The Labute approximate surface area is 156 Å². The molecule has 0 aromatic carbocycles. The van der Waals surface area contributed by atoms with Gasteiger partial charge in [0.1, 0.15) is 0 Å². The maximum absolute atomic E-state index is 13.2. The quantitative estimate of drug-likeness (QED) is 0.783. The number of carbonyl (C=O) groups is 1. The molecule has 2 heterocycles. The molecule has 2 aromatic rings. The molecule has 6 heteroatoms. The lowest BCUT2D eigenvalue weighted by atomic mass is 10.1. The first-order chi connectivity index (χ1) is 12.1. The molecule has 4 rings (SSSR count). The minimum absolute atomic E-state index is 0.0677. The van der Waals surface area contributed by atoms with E-state index in [-0.39, 0.29) is 5.91 Å². The van der Waals surface area contributed by atoms with Crippen LogP contribution in [0.25, 0.3) is 0 Å². The molecule has 0 radical (unpaired) electrons. The molecule has 1 amide bonds. The predicted molar refractivity (Wildman–Crippen MR) is 99.3 cm³/mol. The highest BCUT2D eigenvalue weighted by molar-refractivity contribution is 9.10. The minimum atomic E-state index is 0.0677. The molecule has 0 atom stereocenters. The van der Waals surface area contributed by atoms with Crippen LogP contribution in [0.2, 0.25) is 0 Å². The van der Waals surface area contributed by atoms with E-state index < -0.39 is 0 Å². The lowest BCUT2D eigenvalue weighted by Crippen LogP contribution is -2.38. The Balaban J connectivity index is 1.65. The molecule has 25 heavy (non-hydrogen) atoms. The average Bonchev–Trinajstić information content (AvgIpc) is 3.33. The Bertz CT molecular complexity index is 795. The van der Waals surface area contributed by atoms with Crippen molar-refractivity contribution in [2.24, 2.45) is 7.05 Å². The van der Waals surface area contributed by atoms with Crippen molar-refractivity contribution in [2.75, 3.05) is 0 Å². The predicted octanol–water partition coefficient (Wildman–Crippen LogP) is 3.65. The first-order valence-electron chi connectivity index (χ1n) is 9.08. The van der Waals surface area contributed by atoms with Crippen molar-refractivity contribution < 1.29 is 4.79 Å². The Hall–Kier alpha value is -1.69. The number of hydrogen-bond acceptors (Lipinski definition) is 3. The molecule has 0 spiro atoms. The summed E-state index contributed by atoms with van der Waals surface area (Å²) in [7, 11) is 2.02. The Kier molecular flexibility index (Phi) is 4.63. The number of rotatable bonds is 4. The first kappa shape index (κ1) is 16.8. The Morgan fingerprint density at radius 2 is 2.08 bits per heavy atom. The molecule has 2 aliphatic carbocycles. The number of pyridine rings is 1. The van der Waals surface area contributed by atoms with E-state index in [0.29, 0.717) is 18.2 Å². The van der Waals surface area contributed by atoms with Gasteiger partial charge in [-0.25, -0.2) is 0 Å². The second-order valence-electron chi connectivity index (χ2n) is 7.11. The van der Waals surface area contributed by atoms with Crippen molar-refractivity contribution in [1.29, 1.82) is 0 Å². The topological polar surface area (TPSA) is 51.0 Å². The SMILES string of the molecule is Cn1nc(CN(C(=O)c2cncc(Br)c2)C2CCCC2)c2c1CCC2. The monoisotopic (exact) mass is 402 g/mol. The van der Waals surface area contributed by atoms with E-state index in [2.05, 4.69) is 20.9 Å². The Morgan fingerprint density at radius 1 is 1.28 bits per heavy atom. The summed E-state index contributed by atoms with van der Waals surface area (Å²) in [6.45, 7) is 0.610. The lowest BCUT2D eigenvalue weighted by Gasteiger charge is -2.28. The minimum Gasteiger partial charge on any atom is -0.330 e. The summed E-state index contributed by atoms with van der Waals surface area (Å²) in [6, 6.07) is 2.17. The molecule has 0 unspecified atom stereocenters. The molecule has 0 N–H and O–H groups in total. The van der Waals surface area contributed by atoms with Gasteiger partial charge in [0.2, 0.25) is 0 Å². The number of hydrogen-bond donors (Lipinski definition) is 0. The molecule has 5 nitrogen and oxygen atoms in total. The lowest BCUT2D eigenvalue weighted by molar-refractivity contribution is 0.0660. The first-order valence-corrected chi connectivity index (χ1v) is 9.88. The molecule has 0 aliphatic heterocycles. The summed E-state index contributed by atoms with van der Waals surface area (Å²) in [5, 5.41) is 4.73. The second-order valence-corrected chi connectivity index (χ2v) is 8.03. The van der Waals surface area contributed by atoms with Crippen LogP contribution in [-0.2, 0) is 26.4 Å². The van der Waals surface area contributed by atoms with Crippen LogP contribution in [0.15, 0.2) is 22.9 Å². The van der Waals surface area contributed by atoms with Gasteiger partial charge >= 0.3 is 0 Å². The molecule has 0 bridgehead atoms. The van der Waals surface area contributed by atoms with E-state index >= 15 is 0 Å². The third kappa shape index (κ3) is 3.24. The molecule has 2 aromatic heterocycles. The number of amides is 1. The summed E-state index contributed by atoms with van der Waals surface area (Å²) in [5.74, 6) is 0.0677. The summed E-state index contributed by atoms with van der Waals surface area (Å²) in [4.78, 5) is 19.4. The maximum atomic E-state index is 13.2. The summed E-state index contributed by atoms with van der Waals surface area (Å²) in [5.41, 5.74) is 4.44. The van der Waals surface area contributed by atoms with E-state index in [4.69, 9.17) is 5.10 Å². The highest BCUT2D eigenvalue weighted by Gasteiger charge is 2.30. The molecule has 1 fully saturated rings. The van der Waals surface area contributed by atoms with Crippen LogP contribution in [0.5, 0.6) is 0 Å². The van der Waals surface area contributed by atoms with Crippen LogP contribution in [0.1, 0.15) is 59.4 Å². The van der Waals surface area contributed by atoms with Gasteiger partial charge in [0.15, 0.2) is 0 Å². The maximum Gasteiger partial charge on any atom is 0.256 e. The van der Waals surface area contributed by atoms with Gasteiger partial charge in [-0.1, -0.05) is 12.8 Å². The van der Waals surface area contributed by atoms with Crippen molar-refractivity contribution in [3.8, 4) is 0 Å². The second kappa shape index (κ2) is 6.90. The molecular weight excluding hydrogens is 380 g/mol. The average molecular weight is 403 g/mol. The van der Waals surface area contributed by atoms with E-state index in [1.54, 1.807) is 12.4 Å². The number of aromatic nitrogens is 3. The standard InChI is InChI=1S/C19H23BrN4O/c1-23-18-8-4-7-16(18)17(22-23)12-24(15-5-2-3-6-15)19(25)13-9-14(20)11-21-10-13/h9-11,15H,2-8,12H2,1H3. The zero-order valence-electron chi connectivity index (χ0n) is 14.5. The van der Waals surface area contributed by atoms with Gasteiger partial charge < -0.3 is 4.90 Å². The highest BCUT2D eigenvalue weighted by atomic mass is 79.9. The third-order valence-corrected chi connectivity index (χ3v) is 5.93. The zero-order chi connectivity index (χ0) is 17.4. The van der Waals surface area contributed by atoms with Crippen molar-refractivity contribution in [1.82, 2.24) is 19.7 Å². The third-order valence-electron chi connectivity index (χ3n) is 5.50. The fraction of sp³-hybridized carbons (Fsp3) is 0.526. The number of nitrogens with zero attached hydrogens (tertiary/aromatic N) is 4. The Morgan fingerprint density at radius 3 is 2.84 bits per heavy atom. The van der Waals surface area contributed by atoms with Crippen LogP contribution in [0.3, 0.4) is 0 Å². The summed E-state index contributed by atoms with van der Waals surface area (Å²) >= 11 is 3.42. The molecular formula is C19H23BrN4O. The number of carbonyl (C=O) groups excluding carboxylic acids is 1. The fourth-order valence-corrected chi connectivity index (χ4v) is 4.63. The van der Waals surface area contributed by atoms with E-state index in [1.165, 1.54) is 30.5 Å². The van der Waals surface area contributed by atoms with Crippen molar-refractivity contribution in [2.45, 2.75) is 57.5 Å². The smallest absolute Gasteiger partial charge is 0.256 e. The normalized spacial score (nSPS) is 17.0. The van der Waals surface area contributed by atoms with Gasteiger partial charge in [0, 0.05) is 35.6 Å². The summed E-state index contributed by atoms with van der Waals surface area (Å²) in [6.07, 6.45) is 11.3. The van der Waals surface area contributed by atoms with Crippen LogP contribution in [-0.4, -0.2) is 31.6 Å². The van der Waals surface area contributed by atoms with Gasteiger partial charge in [0.25, 0.3) is 5.91 Å². The highest BCUT2D eigenvalue weighted by Crippen LogP contribution is 2.30. The van der Waals surface area contributed by atoms with Crippen molar-refractivity contribution >= 4 is 21.8 Å². The van der Waals surface area contributed by atoms with Crippen molar-refractivity contribution in [3.05, 3.63) is 45.4 Å². The van der Waals surface area contributed by atoms with E-state index in [0.717, 1.165) is 35.8 Å². The largest absolute Gasteiger partial charge is 0.330 e. The zero-order valence-corrected chi connectivity index (χ0v) is 16.1. The number of halogens is 1. The van der Waals surface area contributed by atoms with Gasteiger partial charge in [0.05, 0.1) is 17.8 Å². The molecule has 2 aliphatic rings. The van der Waals surface area contributed by atoms with Gasteiger partial charge in [-0.2, -0.15) is 5.10 Å². The van der Waals surface area contributed by atoms with Crippen molar-refractivity contribution in [3.63, 3.8) is 0 Å². The molecule has 1 saturated carbocycles. The van der Waals surface area contributed by atoms with Crippen LogP contribution in [0.4, 0.5) is 0 Å². The van der Waals surface area contributed by atoms with Gasteiger partial charge in [-0.15, -0.1) is 0 Å². The van der Waals surface area contributed by atoms with E-state index in [9.17, 15) is 4.79 Å². The van der Waals surface area contributed by atoms with Crippen LogP contribution >= 0.6 is 15.9 Å².